The number of nitrogen functional groups attached to an aromatic ring is 1. The molecule has 30 heavy (non-hydrogen) atoms. The van der Waals surface area contributed by atoms with Crippen molar-refractivity contribution in [2.24, 2.45) is 0 Å². The van der Waals surface area contributed by atoms with Crippen molar-refractivity contribution in [1.82, 2.24) is 14.9 Å². The van der Waals surface area contributed by atoms with Crippen LogP contribution in [0.5, 0.6) is 6.01 Å². The first-order chi connectivity index (χ1) is 18.8. The van der Waals surface area contributed by atoms with Gasteiger partial charge in [0.15, 0.2) is 11.6 Å². The molecule has 0 saturated carbocycles. The Morgan fingerprint density at radius 3 is 2.90 bits per heavy atom. The van der Waals surface area contributed by atoms with Crippen LogP contribution in [-0.2, 0) is 17.9 Å². The van der Waals surface area contributed by atoms with Gasteiger partial charge >= 0.3 is 6.01 Å². The van der Waals surface area contributed by atoms with Crippen molar-refractivity contribution < 1.29 is 24.6 Å². The molecule has 0 spiro atoms. The molecule has 0 aliphatic carbocycles. The van der Waals surface area contributed by atoms with E-state index in [2.05, 4.69) is 20.2 Å². The van der Waals surface area contributed by atoms with Crippen LogP contribution >= 0.6 is 0 Å². The molecule has 160 valence electrons. The Hall–Kier alpha value is -2.87. The summed E-state index contributed by atoms with van der Waals surface area (Å²) in [6, 6.07) is 6.43. The Labute approximate surface area is 192 Å². The van der Waals surface area contributed by atoms with Crippen LogP contribution < -0.4 is 20.7 Å². The topological polar surface area (TPSA) is 96.6 Å². The Kier molecular flexibility index (Phi) is 3.39. The van der Waals surface area contributed by atoms with E-state index in [9.17, 15) is 4.79 Å². The van der Waals surface area contributed by atoms with Crippen LogP contribution in [0.3, 0.4) is 0 Å². The maximum Gasteiger partial charge on any atom is 0.320 e. The first kappa shape index (κ1) is 10.9. The number of ether oxygens (including phenoxy) is 1. The van der Waals surface area contributed by atoms with Gasteiger partial charge in [0.05, 0.1) is 18.5 Å². The molecule has 2 aliphatic rings. The van der Waals surface area contributed by atoms with E-state index in [0.29, 0.717) is 12.1 Å². The number of fused-ring (bicyclic) bond motifs is 1. The van der Waals surface area contributed by atoms with E-state index >= 15 is 0 Å². The van der Waals surface area contributed by atoms with Crippen molar-refractivity contribution in [3.8, 4) is 6.01 Å². The molecule has 8 heteroatoms. The number of nitrogens with zero attached hydrogens (tertiary/aromatic N) is 4. The van der Waals surface area contributed by atoms with Crippen LogP contribution in [0, 0.1) is 0 Å². The Morgan fingerprint density at radius 2 is 2.10 bits per heavy atom. The molecule has 3 heterocycles. The lowest BCUT2D eigenvalue weighted by Crippen LogP contribution is -2.39. The number of aromatic nitrogens is 2. The first-order valence-electron chi connectivity index (χ1n) is 15.0. The summed E-state index contributed by atoms with van der Waals surface area (Å²) >= 11 is 0. The number of benzene rings is 1. The van der Waals surface area contributed by atoms with Gasteiger partial charge in [0.1, 0.15) is 5.69 Å². The molecule has 1 aromatic heterocycles. The fraction of sp³-hybridized carbons (Fsp3) is 0.500. The third-order valence-electron chi connectivity index (χ3n) is 4.82. The van der Waals surface area contributed by atoms with E-state index in [1.165, 1.54) is 0 Å². The van der Waals surface area contributed by atoms with Crippen molar-refractivity contribution in [3.05, 3.63) is 35.4 Å². The van der Waals surface area contributed by atoms with E-state index < -0.39 is 50.4 Å². The summed E-state index contributed by atoms with van der Waals surface area (Å²) in [6.07, 6.45) is -5.20. The number of nitrogens with two attached hydrogens (primary N) is 1. The van der Waals surface area contributed by atoms with Crippen LogP contribution in [-0.4, -0.2) is 46.9 Å². The van der Waals surface area contributed by atoms with Crippen LogP contribution in [0.1, 0.15) is 58.6 Å². The highest BCUT2D eigenvalue weighted by atomic mass is 16.5. The molecular weight excluding hydrogens is 380 g/mol. The van der Waals surface area contributed by atoms with Gasteiger partial charge in [-0.25, -0.2) is 0 Å². The number of hydrogen-bond donors (Lipinski definition) is 2. The molecule has 8 nitrogen and oxygen atoms in total. The number of rotatable bonds is 8. The van der Waals surface area contributed by atoms with Crippen LogP contribution in [0.2, 0.25) is 0 Å². The van der Waals surface area contributed by atoms with Gasteiger partial charge in [-0.05, 0) is 43.4 Å². The number of amides is 1. The summed E-state index contributed by atoms with van der Waals surface area (Å²) in [5.74, 6) is -1.81. The molecule has 1 aromatic carbocycles. The van der Waals surface area contributed by atoms with Crippen LogP contribution in [0.25, 0.3) is 0 Å². The zero-order valence-corrected chi connectivity index (χ0v) is 16.2. The lowest BCUT2D eigenvalue weighted by molar-refractivity contribution is -0.115. The lowest BCUT2D eigenvalue weighted by atomic mass is 10.1. The molecule has 4 rings (SSSR count). The summed E-state index contributed by atoms with van der Waals surface area (Å²) in [6.45, 7) is -7.36. The summed E-state index contributed by atoms with van der Waals surface area (Å²) in [7, 11) is 0. The minimum atomic E-state index is -3.74. The smallest absolute Gasteiger partial charge is 0.320 e. The minimum Gasteiger partial charge on any atom is -0.463 e. The summed E-state index contributed by atoms with van der Waals surface area (Å²) < 4.78 is 91.5. The largest absolute Gasteiger partial charge is 0.463 e. The van der Waals surface area contributed by atoms with Gasteiger partial charge in [0.2, 0.25) is 5.91 Å². The van der Waals surface area contributed by atoms with Crippen LogP contribution in [0.4, 0.5) is 17.3 Å². The second-order valence-electron chi connectivity index (χ2n) is 7.00. The van der Waals surface area contributed by atoms with Crippen molar-refractivity contribution in [2.45, 2.75) is 45.5 Å². The Morgan fingerprint density at radius 1 is 1.30 bits per heavy atom. The van der Waals surface area contributed by atoms with Gasteiger partial charge in [0.25, 0.3) is 0 Å². The van der Waals surface area contributed by atoms with Gasteiger partial charge in [-0.2, -0.15) is 9.97 Å². The fourth-order valence-corrected chi connectivity index (χ4v) is 3.54. The number of likely N-dealkylation sites (tertiary alicyclic amines) is 1. The number of nitrogens with one attached hydrogen (secondary N) is 1. The van der Waals surface area contributed by atoms with Gasteiger partial charge in [-0.3, -0.25) is 9.69 Å². The Bertz CT molecular complexity index is 1320. The minimum absolute atomic E-state index is 0.174. The van der Waals surface area contributed by atoms with Gasteiger partial charge < -0.3 is 20.7 Å². The molecule has 0 unspecified atom stereocenters. The number of carbonyl (C=O) groups excluding carboxylic acids is 1. The molecule has 3 N–H and O–H groups in total. The van der Waals surface area contributed by atoms with E-state index in [4.69, 9.17) is 25.5 Å². The van der Waals surface area contributed by atoms with E-state index in [-0.39, 0.29) is 18.1 Å². The third kappa shape index (κ3) is 4.81. The molecule has 0 bridgehead atoms. The molecule has 1 saturated heterocycles. The summed E-state index contributed by atoms with van der Waals surface area (Å²) in [5, 5.41) is 2.29. The molecule has 0 radical (unpaired) electrons. The second-order valence-corrected chi connectivity index (χ2v) is 7.00. The highest BCUT2D eigenvalue weighted by Crippen LogP contribution is 2.34. The highest BCUT2D eigenvalue weighted by Gasteiger charge is 2.27. The normalized spacial score (nSPS) is 25.4. The Balaban J connectivity index is 1.69. The number of hydrogen-bond acceptors (Lipinski definition) is 7. The highest BCUT2D eigenvalue weighted by molar-refractivity contribution is 6.03. The molecule has 1 amide bonds. The SMILES string of the molecule is [2H]C1([2H])C(=O)Nc2c(N)nc(OC([2H])([2H])C([2H])([2H])C([2H])([2H])C([2H])([2H])[2H])nc2N1Cc1cccc(CN2CCCC2)c1. The molecule has 2 aliphatic heterocycles. The predicted molar refractivity (Wildman–Crippen MR) is 117 cm³/mol. The van der Waals surface area contributed by atoms with Crippen molar-refractivity contribution in [2.75, 3.05) is 42.1 Å². The van der Waals surface area contributed by atoms with Crippen LogP contribution in [0.15, 0.2) is 24.3 Å². The zero-order chi connectivity index (χ0) is 30.6. The molecule has 2 aromatic rings. The standard InChI is InChI=1S/C22H30N6O2/c1-2-3-11-30-22-25-20(23)19-21(26-22)28(15-18(29)24-19)14-17-8-6-7-16(12-17)13-27-9-4-5-10-27/h6-8,12H,2-5,9-11,13-15H2,1H3,(H,24,29)(H2,23,25,26)/i1D3,2D2,3D2,11D2,15D2. The maximum atomic E-state index is 12.7. The lowest BCUT2D eigenvalue weighted by Gasteiger charge is -2.30. The van der Waals surface area contributed by atoms with Crippen molar-refractivity contribution in [3.63, 3.8) is 0 Å². The number of carbonyl (C=O) groups is 1. The van der Waals surface area contributed by atoms with E-state index in [1.807, 2.05) is 12.1 Å². The molecular formula is C22H30N6O2. The average Bonchev–Trinajstić information content (AvgIpc) is 3.35. The summed E-state index contributed by atoms with van der Waals surface area (Å²) in [4.78, 5) is 23.7. The second kappa shape index (κ2) is 9.30. The van der Waals surface area contributed by atoms with Gasteiger partial charge in [-0.1, -0.05) is 37.5 Å². The van der Waals surface area contributed by atoms with Gasteiger partial charge in [0, 0.05) is 22.7 Å². The third-order valence-corrected chi connectivity index (χ3v) is 4.82. The summed E-state index contributed by atoms with van der Waals surface area (Å²) in [5.41, 5.74) is 7.39. The van der Waals surface area contributed by atoms with E-state index in [0.717, 1.165) is 36.4 Å². The molecule has 0 atom stereocenters. The molecule has 1 fully saturated rings. The van der Waals surface area contributed by atoms with Crippen molar-refractivity contribution in [1.29, 1.82) is 0 Å². The average molecular weight is 422 g/mol. The van der Waals surface area contributed by atoms with E-state index in [1.54, 1.807) is 12.1 Å². The maximum absolute atomic E-state index is 12.7. The number of anilines is 3. The van der Waals surface area contributed by atoms with Gasteiger partial charge in [-0.15, -0.1) is 0 Å². The zero-order valence-electron chi connectivity index (χ0n) is 27.2. The quantitative estimate of drug-likeness (QED) is 0.676. The predicted octanol–water partition coefficient (Wildman–Crippen LogP) is 2.79. The monoisotopic (exact) mass is 421 g/mol. The van der Waals surface area contributed by atoms with Crippen molar-refractivity contribution >= 4 is 23.2 Å². The fourth-order valence-electron chi connectivity index (χ4n) is 3.54. The first-order valence-corrected chi connectivity index (χ1v) is 9.54.